The quantitative estimate of drug-likeness (QED) is 0.549. The molecule has 0 aromatic rings. The van der Waals surface area contributed by atoms with E-state index in [1.165, 1.54) is 18.5 Å². The second kappa shape index (κ2) is 6.02. The number of hydrogen-bond acceptors (Lipinski definition) is 1. The predicted octanol–water partition coefficient (Wildman–Crippen LogP) is 2.81. The summed E-state index contributed by atoms with van der Waals surface area (Å²) in [5, 5.41) is 0. The number of hydrogen-bond donors (Lipinski definition) is 0. The molecule has 0 saturated heterocycles. The Morgan fingerprint density at radius 1 is 1.55 bits per heavy atom. The molecule has 0 heterocycles. The van der Waals surface area contributed by atoms with Gasteiger partial charge in [0.2, 0.25) is 0 Å². The molecule has 0 N–H and O–H groups in total. The maximum absolute atomic E-state index is 3.66. The van der Waals surface area contributed by atoms with E-state index in [1.807, 2.05) is 12.2 Å². The van der Waals surface area contributed by atoms with Crippen LogP contribution in [0.5, 0.6) is 0 Å². The van der Waals surface area contributed by atoms with Gasteiger partial charge in [0.05, 0.1) is 0 Å². The molecule has 0 aromatic carbocycles. The number of allylic oxidation sites excluding steroid dienone is 3. The zero-order chi connectivity index (χ0) is 8.69. The lowest BCUT2D eigenvalue weighted by Gasteiger charge is -2.18. The molecule has 0 unspecified atom stereocenters. The van der Waals surface area contributed by atoms with E-state index >= 15 is 0 Å². The molecule has 0 amide bonds. The molecule has 0 rings (SSSR count). The molecule has 0 bridgehead atoms. The van der Waals surface area contributed by atoms with Gasteiger partial charge in [0, 0.05) is 19.3 Å². The normalized spacial score (nSPS) is 11.4. The molecule has 1 nitrogen and oxygen atoms in total. The minimum absolute atomic E-state index is 1.15. The lowest BCUT2D eigenvalue weighted by Crippen LogP contribution is -2.16. The van der Waals surface area contributed by atoms with Crippen molar-refractivity contribution >= 4 is 0 Å². The summed E-state index contributed by atoms with van der Waals surface area (Å²) in [6, 6.07) is 0. The molecule has 64 valence electrons. The number of nitrogens with zero attached hydrogens (tertiary/aromatic N) is 1. The highest BCUT2D eigenvalue weighted by Gasteiger charge is 1.95. The summed E-state index contributed by atoms with van der Waals surface area (Å²) < 4.78 is 0. The molecule has 1 heteroatoms. The van der Waals surface area contributed by atoms with Crippen LogP contribution in [0.1, 0.15) is 26.7 Å². The van der Waals surface area contributed by atoms with Crippen molar-refractivity contribution in [3.63, 3.8) is 0 Å². The van der Waals surface area contributed by atoms with E-state index in [0.717, 1.165) is 6.54 Å². The van der Waals surface area contributed by atoms with E-state index in [0.29, 0.717) is 0 Å². The highest BCUT2D eigenvalue weighted by molar-refractivity contribution is 5.06. The van der Waals surface area contributed by atoms with Gasteiger partial charge in [-0.05, 0) is 19.4 Å². The van der Waals surface area contributed by atoms with Crippen LogP contribution in [0.25, 0.3) is 0 Å². The van der Waals surface area contributed by atoms with Crippen molar-refractivity contribution < 1.29 is 0 Å². The predicted molar refractivity (Wildman–Crippen MR) is 51.5 cm³/mol. The molecular formula is C10H19N. The third kappa shape index (κ3) is 4.65. The molecule has 0 radical (unpaired) electrons. The van der Waals surface area contributed by atoms with Gasteiger partial charge >= 0.3 is 0 Å². The Hall–Kier alpha value is -0.720. The van der Waals surface area contributed by atoms with Gasteiger partial charge in [-0.25, -0.2) is 0 Å². The number of unbranched alkanes of at least 4 members (excludes halogenated alkanes) is 1. The van der Waals surface area contributed by atoms with Gasteiger partial charge < -0.3 is 4.90 Å². The Morgan fingerprint density at radius 3 is 2.64 bits per heavy atom. The van der Waals surface area contributed by atoms with Crippen LogP contribution >= 0.6 is 0 Å². The fourth-order valence-electron chi connectivity index (χ4n) is 0.869. The van der Waals surface area contributed by atoms with Crippen LogP contribution in [-0.4, -0.2) is 18.5 Å². The van der Waals surface area contributed by atoms with Crippen molar-refractivity contribution in [2.45, 2.75) is 26.7 Å². The lowest BCUT2D eigenvalue weighted by molar-refractivity contribution is 0.407. The average Bonchev–Trinajstić information content (AvgIpc) is 2.00. The second-order valence-corrected chi connectivity index (χ2v) is 2.82. The molecule has 0 aliphatic heterocycles. The molecule has 0 atom stereocenters. The average molecular weight is 153 g/mol. The van der Waals surface area contributed by atoms with Gasteiger partial charge in [-0.3, -0.25) is 0 Å². The topological polar surface area (TPSA) is 3.24 Å². The Balaban J connectivity index is 3.72. The lowest BCUT2D eigenvalue weighted by atomic mass is 10.3. The van der Waals surface area contributed by atoms with Crippen LogP contribution in [0.15, 0.2) is 24.4 Å². The van der Waals surface area contributed by atoms with E-state index in [2.05, 4.69) is 32.4 Å². The highest BCUT2D eigenvalue weighted by Crippen LogP contribution is 2.01. The first-order valence-corrected chi connectivity index (χ1v) is 4.22. The minimum Gasteiger partial charge on any atom is -0.378 e. The summed E-state index contributed by atoms with van der Waals surface area (Å²) in [5.74, 6) is 0. The zero-order valence-electron chi connectivity index (χ0n) is 7.93. The van der Waals surface area contributed by atoms with Crippen molar-refractivity contribution in [2.75, 3.05) is 13.6 Å². The summed E-state index contributed by atoms with van der Waals surface area (Å²) in [4.78, 5) is 2.26. The van der Waals surface area contributed by atoms with Crippen molar-refractivity contribution in [2.24, 2.45) is 0 Å². The molecule has 0 aliphatic rings. The smallest absolute Gasteiger partial charge is 0.0171 e. The molecule has 0 saturated carbocycles. The van der Waals surface area contributed by atoms with Gasteiger partial charge in [0.25, 0.3) is 0 Å². The van der Waals surface area contributed by atoms with Gasteiger partial charge in [-0.2, -0.15) is 0 Å². The summed E-state index contributed by atoms with van der Waals surface area (Å²) in [6.07, 6.45) is 6.39. The van der Waals surface area contributed by atoms with Crippen LogP contribution in [0.3, 0.4) is 0 Å². The van der Waals surface area contributed by atoms with Crippen molar-refractivity contribution in [1.29, 1.82) is 0 Å². The van der Waals surface area contributed by atoms with Crippen LogP contribution in [0.4, 0.5) is 0 Å². The van der Waals surface area contributed by atoms with E-state index in [1.54, 1.807) is 0 Å². The Morgan fingerprint density at radius 2 is 2.18 bits per heavy atom. The molecule has 11 heavy (non-hydrogen) atoms. The van der Waals surface area contributed by atoms with E-state index < -0.39 is 0 Å². The van der Waals surface area contributed by atoms with Crippen molar-refractivity contribution in [3.8, 4) is 0 Å². The molecule has 0 aromatic heterocycles. The maximum Gasteiger partial charge on any atom is 0.0171 e. The maximum atomic E-state index is 3.66. The SMILES string of the molecule is C=C/C=C(/C)N(C)CCCC. The van der Waals surface area contributed by atoms with E-state index in [-0.39, 0.29) is 0 Å². The summed E-state index contributed by atoms with van der Waals surface area (Å²) in [6.45, 7) is 9.12. The van der Waals surface area contributed by atoms with Gasteiger partial charge in [0.1, 0.15) is 0 Å². The molecular weight excluding hydrogens is 134 g/mol. The fraction of sp³-hybridized carbons (Fsp3) is 0.600. The van der Waals surface area contributed by atoms with Gasteiger partial charge in [-0.15, -0.1) is 0 Å². The third-order valence-corrected chi connectivity index (χ3v) is 1.81. The van der Waals surface area contributed by atoms with Crippen LogP contribution in [0.2, 0.25) is 0 Å². The van der Waals surface area contributed by atoms with Gasteiger partial charge in [0.15, 0.2) is 0 Å². The first kappa shape index (κ1) is 10.3. The fourth-order valence-corrected chi connectivity index (χ4v) is 0.869. The minimum atomic E-state index is 1.15. The Bertz CT molecular complexity index is 136. The van der Waals surface area contributed by atoms with Crippen molar-refractivity contribution in [3.05, 3.63) is 24.4 Å². The largest absolute Gasteiger partial charge is 0.378 e. The first-order valence-electron chi connectivity index (χ1n) is 4.22. The van der Waals surface area contributed by atoms with Gasteiger partial charge in [-0.1, -0.05) is 26.0 Å². The van der Waals surface area contributed by atoms with Crippen molar-refractivity contribution in [1.82, 2.24) is 4.90 Å². The van der Waals surface area contributed by atoms with Crippen LogP contribution in [0, 0.1) is 0 Å². The standard InChI is InChI=1S/C10H19N/c1-5-7-9-11(4)10(3)8-6-2/h6,8H,2,5,7,9H2,1,3-4H3/b10-8-. The zero-order valence-corrected chi connectivity index (χ0v) is 7.93. The molecule has 0 aliphatic carbocycles. The molecule has 0 spiro atoms. The summed E-state index contributed by atoms with van der Waals surface area (Å²) in [5.41, 5.74) is 1.29. The first-order chi connectivity index (χ1) is 5.22. The Labute approximate surface area is 70.4 Å². The molecule has 0 fully saturated rings. The van der Waals surface area contributed by atoms with Crippen LogP contribution in [-0.2, 0) is 0 Å². The Kier molecular flexibility index (Phi) is 5.63. The van der Waals surface area contributed by atoms with E-state index in [4.69, 9.17) is 0 Å². The highest BCUT2D eigenvalue weighted by atomic mass is 15.1. The van der Waals surface area contributed by atoms with Crippen LogP contribution < -0.4 is 0 Å². The monoisotopic (exact) mass is 153 g/mol. The summed E-state index contributed by atoms with van der Waals surface area (Å²) in [7, 11) is 2.12. The second-order valence-electron chi connectivity index (χ2n) is 2.82. The number of rotatable bonds is 5. The summed E-state index contributed by atoms with van der Waals surface area (Å²) >= 11 is 0. The van der Waals surface area contributed by atoms with E-state index in [9.17, 15) is 0 Å². The third-order valence-electron chi connectivity index (χ3n) is 1.81.